The summed E-state index contributed by atoms with van der Waals surface area (Å²) in [5.41, 5.74) is 5.78. The number of benzene rings is 1. The topological polar surface area (TPSA) is 63.4 Å². The Bertz CT molecular complexity index is 616. The number of nitrogens with zero attached hydrogens (tertiary/aromatic N) is 1. The summed E-state index contributed by atoms with van der Waals surface area (Å²) in [6.45, 7) is 0.454. The van der Waals surface area contributed by atoms with E-state index in [0.29, 0.717) is 18.0 Å². The Balaban J connectivity index is 2.27. The zero-order valence-electron chi connectivity index (χ0n) is 12.0. The number of rotatable bonds is 5. The molecule has 0 radical (unpaired) electrons. The number of hydrogen-bond donors (Lipinski definition) is 1. The van der Waals surface area contributed by atoms with Crippen LogP contribution in [0.1, 0.15) is 31.2 Å². The molecule has 2 N–H and O–H groups in total. The second-order valence-corrected chi connectivity index (χ2v) is 7.94. The van der Waals surface area contributed by atoms with Crippen molar-refractivity contribution in [3.8, 4) is 0 Å². The Morgan fingerprint density at radius 1 is 1.38 bits per heavy atom. The number of sulfonamides is 1. The van der Waals surface area contributed by atoms with Gasteiger partial charge in [0.2, 0.25) is 10.0 Å². The molecule has 0 saturated heterocycles. The van der Waals surface area contributed by atoms with Crippen LogP contribution in [0.25, 0.3) is 0 Å². The first-order valence-corrected chi connectivity index (χ1v) is 8.82. The molecule has 0 bridgehead atoms. The molecule has 4 nitrogen and oxygen atoms in total. The van der Waals surface area contributed by atoms with Crippen LogP contribution in [0.5, 0.6) is 0 Å². The molecule has 0 atom stereocenters. The Morgan fingerprint density at radius 2 is 2.00 bits per heavy atom. The zero-order valence-corrected chi connectivity index (χ0v) is 13.6. The molecule has 1 fully saturated rings. The third-order valence-corrected chi connectivity index (χ3v) is 6.22. The second kappa shape index (κ2) is 6.60. The van der Waals surface area contributed by atoms with Gasteiger partial charge in [0, 0.05) is 20.1 Å². The normalized spacial score (nSPS) is 16.8. The first kappa shape index (κ1) is 16.7. The summed E-state index contributed by atoms with van der Waals surface area (Å²) in [5, 5.41) is -0.116. The molecule has 1 aliphatic carbocycles. The van der Waals surface area contributed by atoms with Gasteiger partial charge >= 0.3 is 0 Å². The Kier molecular flexibility index (Phi) is 5.24. The fourth-order valence-electron chi connectivity index (χ4n) is 2.75. The van der Waals surface area contributed by atoms with E-state index in [1.165, 1.54) is 17.4 Å². The van der Waals surface area contributed by atoms with Gasteiger partial charge in [0.05, 0.1) is 9.92 Å². The lowest BCUT2D eigenvalue weighted by Gasteiger charge is -2.21. The van der Waals surface area contributed by atoms with Gasteiger partial charge < -0.3 is 5.73 Å². The predicted octanol–water partition coefficient (Wildman–Crippen LogP) is 2.75. The third kappa shape index (κ3) is 3.56. The van der Waals surface area contributed by atoms with E-state index in [-0.39, 0.29) is 16.5 Å². The zero-order chi connectivity index (χ0) is 15.6. The van der Waals surface area contributed by atoms with E-state index in [9.17, 15) is 12.8 Å². The van der Waals surface area contributed by atoms with Crippen LogP contribution in [-0.4, -0.2) is 26.3 Å². The van der Waals surface area contributed by atoms with Crippen LogP contribution < -0.4 is 5.73 Å². The van der Waals surface area contributed by atoms with Crippen molar-refractivity contribution in [2.45, 2.75) is 37.1 Å². The Morgan fingerprint density at radius 3 is 2.57 bits per heavy atom. The number of nitrogens with two attached hydrogens (primary N) is 1. The van der Waals surface area contributed by atoms with Crippen molar-refractivity contribution in [2.24, 2.45) is 11.7 Å². The first-order valence-electron chi connectivity index (χ1n) is 7.00. The van der Waals surface area contributed by atoms with E-state index in [4.69, 9.17) is 17.3 Å². The number of hydrogen-bond acceptors (Lipinski definition) is 3. The molecule has 2 rings (SSSR count). The molecular weight excluding hydrogens is 315 g/mol. The third-order valence-electron chi connectivity index (χ3n) is 4.00. The van der Waals surface area contributed by atoms with Gasteiger partial charge in [0.1, 0.15) is 5.82 Å². The van der Waals surface area contributed by atoms with Crippen molar-refractivity contribution >= 4 is 21.6 Å². The molecule has 1 aromatic carbocycles. The molecule has 21 heavy (non-hydrogen) atoms. The van der Waals surface area contributed by atoms with E-state index >= 15 is 0 Å². The van der Waals surface area contributed by atoms with Gasteiger partial charge in [-0.05, 0) is 36.5 Å². The van der Waals surface area contributed by atoms with Crippen molar-refractivity contribution in [3.05, 3.63) is 28.5 Å². The van der Waals surface area contributed by atoms with Crippen molar-refractivity contribution in [1.29, 1.82) is 0 Å². The molecule has 0 aliphatic heterocycles. The van der Waals surface area contributed by atoms with Gasteiger partial charge in [0.25, 0.3) is 0 Å². The average molecular weight is 335 g/mol. The van der Waals surface area contributed by atoms with Crippen molar-refractivity contribution in [3.63, 3.8) is 0 Å². The van der Waals surface area contributed by atoms with Gasteiger partial charge in [-0.25, -0.2) is 17.1 Å². The molecular formula is C14H20ClFN2O2S. The molecule has 118 valence electrons. The van der Waals surface area contributed by atoms with E-state index in [1.807, 2.05) is 0 Å². The average Bonchev–Trinajstić information content (AvgIpc) is 2.94. The summed E-state index contributed by atoms with van der Waals surface area (Å²) in [4.78, 5) is -0.0923. The smallest absolute Gasteiger partial charge is 0.242 e. The van der Waals surface area contributed by atoms with Crippen molar-refractivity contribution in [1.82, 2.24) is 4.31 Å². The van der Waals surface area contributed by atoms with E-state index in [0.717, 1.165) is 31.7 Å². The van der Waals surface area contributed by atoms with Crippen molar-refractivity contribution in [2.75, 3.05) is 13.6 Å². The SMILES string of the molecule is CN(CC1CCCC1)S(=O)(=O)c1cc(F)c(Cl)c(CN)c1. The minimum atomic E-state index is -3.72. The summed E-state index contributed by atoms with van der Waals surface area (Å²) in [6, 6.07) is 2.31. The highest BCUT2D eigenvalue weighted by molar-refractivity contribution is 7.89. The fraction of sp³-hybridized carbons (Fsp3) is 0.571. The maximum Gasteiger partial charge on any atom is 0.242 e. The molecule has 1 aromatic rings. The summed E-state index contributed by atoms with van der Waals surface area (Å²) in [6.07, 6.45) is 4.38. The van der Waals surface area contributed by atoms with Gasteiger partial charge in [-0.15, -0.1) is 0 Å². The van der Waals surface area contributed by atoms with Crippen LogP contribution in [-0.2, 0) is 16.6 Å². The van der Waals surface area contributed by atoms with Gasteiger partial charge in [-0.2, -0.15) is 0 Å². The van der Waals surface area contributed by atoms with Crippen LogP contribution in [0.4, 0.5) is 4.39 Å². The van der Waals surface area contributed by atoms with Crippen molar-refractivity contribution < 1.29 is 12.8 Å². The molecule has 0 spiro atoms. The first-order chi connectivity index (χ1) is 9.86. The highest BCUT2D eigenvalue weighted by Gasteiger charge is 2.27. The molecule has 0 amide bonds. The quantitative estimate of drug-likeness (QED) is 0.900. The van der Waals surface area contributed by atoms with Crippen LogP contribution in [0.15, 0.2) is 17.0 Å². The van der Waals surface area contributed by atoms with Gasteiger partial charge in [0.15, 0.2) is 0 Å². The van der Waals surface area contributed by atoms with E-state index in [2.05, 4.69) is 0 Å². The standard InChI is InChI=1S/C14H20ClFN2O2S/c1-18(9-10-4-2-3-5-10)21(19,20)12-6-11(8-17)14(15)13(16)7-12/h6-7,10H,2-5,8-9,17H2,1H3. The lowest BCUT2D eigenvalue weighted by atomic mass is 10.1. The highest BCUT2D eigenvalue weighted by Crippen LogP contribution is 2.29. The predicted molar refractivity (Wildman–Crippen MR) is 81.1 cm³/mol. The maximum atomic E-state index is 13.8. The maximum absolute atomic E-state index is 13.8. The molecule has 1 saturated carbocycles. The van der Waals surface area contributed by atoms with Crippen LogP contribution in [0.3, 0.4) is 0 Å². The lowest BCUT2D eigenvalue weighted by molar-refractivity contribution is 0.387. The molecule has 0 unspecified atom stereocenters. The summed E-state index contributed by atoms with van der Waals surface area (Å²) in [5.74, 6) is -0.372. The summed E-state index contributed by atoms with van der Waals surface area (Å²) < 4.78 is 40.1. The lowest BCUT2D eigenvalue weighted by Crippen LogP contribution is -2.31. The van der Waals surface area contributed by atoms with E-state index < -0.39 is 15.8 Å². The molecule has 1 aliphatic rings. The second-order valence-electron chi connectivity index (χ2n) is 5.52. The van der Waals surface area contributed by atoms with Gasteiger partial charge in [-0.1, -0.05) is 24.4 Å². The van der Waals surface area contributed by atoms with Crippen LogP contribution in [0, 0.1) is 11.7 Å². The highest BCUT2D eigenvalue weighted by atomic mass is 35.5. The summed E-state index contributed by atoms with van der Waals surface area (Å²) >= 11 is 5.77. The summed E-state index contributed by atoms with van der Waals surface area (Å²) in [7, 11) is -2.19. The molecule has 0 aromatic heterocycles. The monoisotopic (exact) mass is 334 g/mol. The largest absolute Gasteiger partial charge is 0.326 e. The van der Waals surface area contributed by atoms with E-state index in [1.54, 1.807) is 0 Å². The van der Waals surface area contributed by atoms with Gasteiger partial charge in [-0.3, -0.25) is 0 Å². The Labute approximate surface area is 130 Å². The minimum absolute atomic E-state index is 0.00848. The molecule has 7 heteroatoms. The number of halogens is 2. The van der Waals surface area contributed by atoms with Crippen LogP contribution in [0.2, 0.25) is 5.02 Å². The Hall–Kier alpha value is -0.690. The van der Waals surface area contributed by atoms with Crippen LogP contribution >= 0.6 is 11.6 Å². The minimum Gasteiger partial charge on any atom is -0.326 e. The fourth-order valence-corrected chi connectivity index (χ4v) is 4.25. The molecule has 0 heterocycles.